The fourth-order valence-corrected chi connectivity index (χ4v) is 4.17. The quantitative estimate of drug-likeness (QED) is 0.871. The van der Waals surface area contributed by atoms with Gasteiger partial charge >= 0.3 is 0 Å². The van der Waals surface area contributed by atoms with Crippen LogP contribution in [0.5, 0.6) is 0 Å². The van der Waals surface area contributed by atoms with E-state index in [1.54, 1.807) is 0 Å². The van der Waals surface area contributed by atoms with E-state index in [2.05, 4.69) is 12.2 Å². The highest BCUT2D eigenvalue weighted by Crippen LogP contribution is 2.32. The number of hydrogen-bond acceptors (Lipinski definition) is 5. The van der Waals surface area contributed by atoms with Gasteiger partial charge in [0.25, 0.3) is 0 Å². The van der Waals surface area contributed by atoms with Crippen LogP contribution in [0.25, 0.3) is 0 Å². The zero-order valence-electron chi connectivity index (χ0n) is 12.9. The summed E-state index contributed by atoms with van der Waals surface area (Å²) in [6.45, 7) is 4.57. The van der Waals surface area contributed by atoms with Crippen LogP contribution in [0, 0.1) is 0 Å². The van der Waals surface area contributed by atoms with Gasteiger partial charge in [0.1, 0.15) is 11.6 Å². The van der Waals surface area contributed by atoms with Gasteiger partial charge in [-0.25, -0.2) is 9.97 Å². The molecule has 0 aromatic carbocycles. The molecule has 116 valence electrons. The van der Waals surface area contributed by atoms with Crippen LogP contribution in [0.15, 0.2) is 0 Å². The van der Waals surface area contributed by atoms with Crippen LogP contribution in [-0.2, 0) is 23.5 Å². The smallest absolute Gasteiger partial charge is 0.140 e. The Bertz CT molecular complexity index is 475. The normalized spacial score (nSPS) is 18.7. The van der Waals surface area contributed by atoms with Crippen LogP contribution in [0.4, 0.5) is 5.82 Å². The summed E-state index contributed by atoms with van der Waals surface area (Å²) in [4.78, 5) is 9.55. The van der Waals surface area contributed by atoms with Crippen molar-refractivity contribution >= 4 is 17.6 Å². The Morgan fingerprint density at radius 2 is 2.14 bits per heavy atom. The number of aromatic nitrogens is 2. The van der Waals surface area contributed by atoms with E-state index in [1.807, 2.05) is 11.8 Å². The van der Waals surface area contributed by atoms with Gasteiger partial charge in [0.05, 0.1) is 24.7 Å². The van der Waals surface area contributed by atoms with Crippen LogP contribution in [0.3, 0.4) is 0 Å². The number of fused-ring (bicyclic) bond motifs is 1. The summed E-state index contributed by atoms with van der Waals surface area (Å²) < 4.78 is 5.57. The lowest BCUT2D eigenvalue weighted by Crippen LogP contribution is -2.18. The van der Waals surface area contributed by atoms with Gasteiger partial charge < -0.3 is 10.1 Å². The lowest BCUT2D eigenvalue weighted by molar-refractivity contribution is 0.109. The van der Waals surface area contributed by atoms with E-state index < -0.39 is 0 Å². The molecule has 0 atom stereocenters. The second kappa shape index (κ2) is 7.45. The Labute approximate surface area is 131 Å². The monoisotopic (exact) mass is 307 g/mol. The molecule has 0 spiro atoms. The first-order valence-electron chi connectivity index (χ1n) is 8.18. The maximum atomic E-state index is 5.57. The van der Waals surface area contributed by atoms with Crippen molar-refractivity contribution in [2.24, 2.45) is 0 Å². The topological polar surface area (TPSA) is 47.0 Å². The van der Waals surface area contributed by atoms with E-state index >= 15 is 0 Å². The van der Waals surface area contributed by atoms with Crippen molar-refractivity contribution in [2.75, 3.05) is 18.5 Å². The largest absolute Gasteiger partial charge is 0.376 e. The first-order valence-corrected chi connectivity index (χ1v) is 9.23. The van der Waals surface area contributed by atoms with Gasteiger partial charge in [0.15, 0.2) is 0 Å². The van der Waals surface area contributed by atoms with E-state index in [0.717, 1.165) is 48.6 Å². The summed E-state index contributed by atoms with van der Waals surface area (Å²) in [6, 6.07) is 0. The molecule has 2 heterocycles. The molecule has 1 aromatic rings. The summed E-state index contributed by atoms with van der Waals surface area (Å²) in [6.07, 6.45) is 7.53. The summed E-state index contributed by atoms with van der Waals surface area (Å²) in [5, 5.41) is 4.27. The minimum atomic E-state index is 0.650. The van der Waals surface area contributed by atoms with Crippen LogP contribution in [-0.4, -0.2) is 28.4 Å². The van der Waals surface area contributed by atoms with Gasteiger partial charge in [-0.05, 0) is 19.3 Å². The lowest BCUT2D eigenvalue weighted by atomic mass is 10.1. The van der Waals surface area contributed by atoms with E-state index in [4.69, 9.17) is 14.7 Å². The number of anilines is 1. The minimum absolute atomic E-state index is 0.650. The molecule has 0 amide bonds. The number of nitrogens with one attached hydrogen (secondary N) is 1. The molecule has 5 heteroatoms. The van der Waals surface area contributed by atoms with Crippen molar-refractivity contribution in [3.05, 3.63) is 17.1 Å². The van der Waals surface area contributed by atoms with Gasteiger partial charge in [0.2, 0.25) is 0 Å². The molecular weight excluding hydrogens is 282 g/mol. The molecule has 4 nitrogen and oxygen atoms in total. The third kappa shape index (κ3) is 3.89. The Kier molecular flexibility index (Phi) is 5.36. The lowest BCUT2D eigenvalue weighted by Gasteiger charge is -2.20. The average Bonchev–Trinajstić information content (AvgIpc) is 3.04. The fraction of sp³-hybridized carbons (Fsp3) is 0.750. The van der Waals surface area contributed by atoms with Crippen molar-refractivity contribution < 1.29 is 4.74 Å². The van der Waals surface area contributed by atoms with E-state index in [-0.39, 0.29) is 0 Å². The maximum Gasteiger partial charge on any atom is 0.140 e. The van der Waals surface area contributed by atoms with Crippen LogP contribution in [0.2, 0.25) is 0 Å². The Hall–Kier alpha value is -0.810. The minimum Gasteiger partial charge on any atom is -0.376 e. The predicted molar refractivity (Wildman–Crippen MR) is 87.7 cm³/mol. The summed E-state index contributed by atoms with van der Waals surface area (Å²) >= 11 is 2.04. The standard InChI is InChI=1S/C16H25N3OS/c1-2-8-17-16-13-10-20-9-7-14(13)18-15(19-16)11-21-12-5-3-4-6-12/h12H,2-11H2,1H3,(H,17,18,19). The molecule has 1 saturated carbocycles. The Balaban J connectivity index is 1.72. The van der Waals surface area contributed by atoms with Crippen molar-refractivity contribution in [1.82, 2.24) is 9.97 Å². The summed E-state index contributed by atoms with van der Waals surface area (Å²) in [7, 11) is 0. The van der Waals surface area contributed by atoms with Crippen molar-refractivity contribution in [2.45, 2.75) is 63.1 Å². The predicted octanol–water partition coefficient (Wildman–Crippen LogP) is 3.55. The molecular formula is C16H25N3OS. The van der Waals surface area contributed by atoms with E-state index in [0.29, 0.717) is 6.61 Å². The zero-order chi connectivity index (χ0) is 14.5. The van der Waals surface area contributed by atoms with E-state index in [1.165, 1.54) is 36.9 Å². The third-order valence-corrected chi connectivity index (χ3v) is 5.53. The molecule has 0 unspecified atom stereocenters. The van der Waals surface area contributed by atoms with Gasteiger partial charge in [-0.2, -0.15) is 11.8 Å². The first kappa shape index (κ1) is 15.1. The molecule has 1 aliphatic heterocycles. The molecule has 3 rings (SSSR count). The fourth-order valence-electron chi connectivity index (χ4n) is 2.98. The summed E-state index contributed by atoms with van der Waals surface area (Å²) in [5.41, 5.74) is 2.36. The molecule has 21 heavy (non-hydrogen) atoms. The number of nitrogens with zero attached hydrogens (tertiary/aromatic N) is 2. The molecule has 0 radical (unpaired) electrons. The van der Waals surface area contributed by atoms with Crippen LogP contribution in [0.1, 0.15) is 56.1 Å². The molecule has 1 N–H and O–H groups in total. The van der Waals surface area contributed by atoms with E-state index in [9.17, 15) is 0 Å². The molecule has 0 saturated heterocycles. The van der Waals surface area contributed by atoms with Crippen LogP contribution >= 0.6 is 11.8 Å². The SMILES string of the molecule is CCCNc1nc(CSC2CCCC2)nc2c1COCC2. The highest BCUT2D eigenvalue weighted by molar-refractivity contribution is 7.99. The summed E-state index contributed by atoms with van der Waals surface area (Å²) in [5.74, 6) is 2.94. The van der Waals surface area contributed by atoms with Crippen molar-refractivity contribution in [1.29, 1.82) is 0 Å². The Morgan fingerprint density at radius 1 is 1.29 bits per heavy atom. The number of rotatable bonds is 6. The van der Waals surface area contributed by atoms with Gasteiger partial charge in [-0.3, -0.25) is 0 Å². The molecule has 0 bridgehead atoms. The molecule has 1 fully saturated rings. The van der Waals surface area contributed by atoms with Crippen molar-refractivity contribution in [3.8, 4) is 0 Å². The number of thioether (sulfide) groups is 1. The van der Waals surface area contributed by atoms with Gasteiger partial charge in [-0.1, -0.05) is 19.8 Å². The van der Waals surface area contributed by atoms with Crippen molar-refractivity contribution in [3.63, 3.8) is 0 Å². The second-order valence-corrected chi connectivity index (χ2v) is 7.15. The first-order chi connectivity index (χ1) is 10.4. The van der Waals surface area contributed by atoms with Gasteiger partial charge in [0, 0.05) is 23.8 Å². The highest BCUT2D eigenvalue weighted by atomic mass is 32.2. The Morgan fingerprint density at radius 3 is 2.95 bits per heavy atom. The second-order valence-electron chi connectivity index (χ2n) is 5.86. The number of ether oxygens (including phenoxy) is 1. The number of hydrogen-bond donors (Lipinski definition) is 1. The molecule has 2 aliphatic rings. The molecule has 1 aliphatic carbocycles. The average molecular weight is 307 g/mol. The van der Waals surface area contributed by atoms with Gasteiger partial charge in [-0.15, -0.1) is 0 Å². The maximum absolute atomic E-state index is 5.57. The third-order valence-electron chi connectivity index (χ3n) is 4.16. The molecule has 1 aromatic heterocycles. The highest BCUT2D eigenvalue weighted by Gasteiger charge is 2.20. The van der Waals surface area contributed by atoms with Crippen LogP contribution < -0.4 is 5.32 Å². The zero-order valence-corrected chi connectivity index (χ0v) is 13.7.